The number of rotatable bonds is 6. The molecule has 1 rings (SSSR count). The van der Waals surface area contributed by atoms with E-state index < -0.39 is 0 Å². The number of anilines is 1. The molecular formula is C14H24N2O. The first-order valence-corrected chi connectivity index (χ1v) is 6.03. The average molecular weight is 236 g/mol. The molecule has 0 heterocycles. The normalized spacial score (nSPS) is 10.7. The Morgan fingerprint density at radius 2 is 1.82 bits per heavy atom. The van der Waals surface area contributed by atoms with Crippen LogP contribution in [0.5, 0.6) is 5.75 Å². The lowest BCUT2D eigenvalue weighted by molar-refractivity contribution is 0.391. The van der Waals surface area contributed by atoms with Crippen molar-refractivity contribution in [2.75, 3.05) is 46.7 Å². The first kappa shape index (κ1) is 13.8. The topological polar surface area (TPSA) is 15.7 Å². The number of hydrogen-bond donors (Lipinski definition) is 0. The van der Waals surface area contributed by atoms with Gasteiger partial charge in [-0.3, -0.25) is 0 Å². The summed E-state index contributed by atoms with van der Waals surface area (Å²) >= 11 is 0. The zero-order valence-corrected chi connectivity index (χ0v) is 11.7. The van der Waals surface area contributed by atoms with Crippen LogP contribution >= 0.6 is 0 Å². The van der Waals surface area contributed by atoms with Crippen molar-refractivity contribution in [1.29, 1.82) is 0 Å². The van der Waals surface area contributed by atoms with E-state index in [9.17, 15) is 0 Å². The smallest absolute Gasteiger partial charge is 0.124 e. The van der Waals surface area contributed by atoms with Gasteiger partial charge < -0.3 is 14.5 Å². The van der Waals surface area contributed by atoms with E-state index in [1.54, 1.807) is 7.11 Å². The first-order valence-electron chi connectivity index (χ1n) is 6.03. The molecule has 0 aliphatic rings. The van der Waals surface area contributed by atoms with E-state index in [0.29, 0.717) is 0 Å². The lowest BCUT2D eigenvalue weighted by Crippen LogP contribution is -2.13. The molecule has 0 fully saturated rings. The summed E-state index contributed by atoms with van der Waals surface area (Å²) in [7, 11) is 10.0. The molecule has 0 amide bonds. The molecule has 1 aromatic rings. The lowest BCUT2D eigenvalue weighted by atomic mass is 10.1. The van der Waals surface area contributed by atoms with Crippen molar-refractivity contribution in [3.63, 3.8) is 0 Å². The third-order valence-corrected chi connectivity index (χ3v) is 2.84. The minimum Gasteiger partial charge on any atom is -0.496 e. The minimum atomic E-state index is 0.995. The van der Waals surface area contributed by atoms with Crippen molar-refractivity contribution < 1.29 is 4.74 Å². The Bertz CT molecular complexity index is 348. The summed E-state index contributed by atoms with van der Waals surface area (Å²) in [5.74, 6) is 0.995. The number of hydrogen-bond acceptors (Lipinski definition) is 3. The van der Waals surface area contributed by atoms with Gasteiger partial charge in [0.15, 0.2) is 0 Å². The third-order valence-electron chi connectivity index (χ3n) is 2.84. The van der Waals surface area contributed by atoms with Crippen molar-refractivity contribution in [3.8, 4) is 5.75 Å². The molecule has 0 bridgehead atoms. The Balaban J connectivity index is 2.71. The van der Waals surface area contributed by atoms with E-state index in [-0.39, 0.29) is 0 Å². The van der Waals surface area contributed by atoms with Gasteiger partial charge in [-0.2, -0.15) is 0 Å². The number of methoxy groups -OCH3 is 1. The van der Waals surface area contributed by atoms with Gasteiger partial charge in [0.2, 0.25) is 0 Å². The van der Waals surface area contributed by atoms with Crippen molar-refractivity contribution in [1.82, 2.24) is 4.90 Å². The van der Waals surface area contributed by atoms with E-state index in [1.165, 1.54) is 11.3 Å². The molecule has 0 aliphatic carbocycles. The zero-order chi connectivity index (χ0) is 12.8. The third kappa shape index (κ3) is 4.27. The second-order valence-corrected chi connectivity index (χ2v) is 4.80. The molecule has 0 aromatic heterocycles. The standard InChI is InChI=1S/C14H24N2O/c1-15(2)10-6-7-12-8-9-13(16(3)4)11-14(12)17-5/h8-9,11H,6-7,10H2,1-5H3. The Labute approximate surface area is 105 Å². The second kappa shape index (κ2) is 6.50. The number of benzene rings is 1. The number of ether oxygens (including phenoxy) is 1. The fourth-order valence-electron chi connectivity index (χ4n) is 1.80. The first-order chi connectivity index (χ1) is 8.04. The highest BCUT2D eigenvalue weighted by Gasteiger charge is 2.05. The average Bonchev–Trinajstić information content (AvgIpc) is 2.28. The molecule has 3 nitrogen and oxygen atoms in total. The van der Waals surface area contributed by atoms with Crippen LogP contribution < -0.4 is 9.64 Å². The predicted octanol–water partition coefficient (Wildman–Crippen LogP) is 2.26. The van der Waals surface area contributed by atoms with Gasteiger partial charge in [0.05, 0.1) is 7.11 Å². The van der Waals surface area contributed by atoms with Gasteiger partial charge in [-0.15, -0.1) is 0 Å². The summed E-state index contributed by atoms with van der Waals surface area (Å²) in [6, 6.07) is 6.42. The van der Waals surface area contributed by atoms with Crippen LogP contribution in [0.25, 0.3) is 0 Å². The quantitative estimate of drug-likeness (QED) is 0.753. The molecule has 1 aromatic carbocycles. The second-order valence-electron chi connectivity index (χ2n) is 4.80. The Hall–Kier alpha value is -1.22. The zero-order valence-electron chi connectivity index (χ0n) is 11.7. The molecule has 0 saturated carbocycles. The van der Waals surface area contributed by atoms with Crippen molar-refractivity contribution in [2.45, 2.75) is 12.8 Å². The van der Waals surface area contributed by atoms with Gasteiger partial charge in [0, 0.05) is 25.8 Å². The Kier molecular flexibility index (Phi) is 5.29. The van der Waals surface area contributed by atoms with Crippen molar-refractivity contribution in [2.24, 2.45) is 0 Å². The van der Waals surface area contributed by atoms with Crippen LogP contribution in [-0.2, 0) is 6.42 Å². The summed E-state index contributed by atoms with van der Waals surface area (Å²) in [4.78, 5) is 4.30. The Morgan fingerprint density at radius 1 is 1.12 bits per heavy atom. The predicted molar refractivity (Wildman–Crippen MR) is 74.2 cm³/mol. The van der Waals surface area contributed by atoms with Crippen molar-refractivity contribution in [3.05, 3.63) is 23.8 Å². The lowest BCUT2D eigenvalue weighted by Gasteiger charge is -2.16. The maximum absolute atomic E-state index is 5.45. The molecule has 0 atom stereocenters. The summed E-state index contributed by atoms with van der Waals surface area (Å²) in [6.45, 7) is 1.11. The molecule has 0 aliphatic heterocycles. The van der Waals surface area contributed by atoms with E-state index in [1.807, 2.05) is 14.1 Å². The van der Waals surface area contributed by atoms with Crippen LogP contribution in [0.2, 0.25) is 0 Å². The maximum atomic E-state index is 5.45. The van der Waals surface area contributed by atoms with Gasteiger partial charge in [-0.05, 0) is 45.1 Å². The molecule has 0 N–H and O–H groups in total. The van der Waals surface area contributed by atoms with Crippen LogP contribution in [0.3, 0.4) is 0 Å². The van der Waals surface area contributed by atoms with Crippen LogP contribution in [0.4, 0.5) is 5.69 Å². The van der Waals surface area contributed by atoms with Crippen LogP contribution in [0, 0.1) is 0 Å². The van der Waals surface area contributed by atoms with Crippen molar-refractivity contribution >= 4 is 5.69 Å². The maximum Gasteiger partial charge on any atom is 0.124 e. The van der Waals surface area contributed by atoms with Gasteiger partial charge in [-0.25, -0.2) is 0 Å². The van der Waals surface area contributed by atoms with Gasteiger partial charge in [-0.1, -0.05) is 6.07 Å². The summed E-state index contributed by atoms with van der Waals surface area (Å²) in [5.41, 5.74) is 2.47. The number of nitrogens with zero attached hydrogens (tertiary/aromatic N) is 2. The van der Waals surface area contributed by atoms with Crippen LogP contribution in [0.1, 0.15) is 12.0 Å². The highest BCUT2D eigenvalue weighted by atomic mass is 16.5. The molecule has 96 valence electrons. The minimum absolute atomic E-state index is 0.995. The highest BCUT2D eigenvalue weighted by Crippen LogP contribution is 2.25. The summed E-state index contributed by atoms with van der Waals surface area (Å²) in [6.07, 6.45) is 2.22. The molecule has 0 radical (unpaired) electrons. The summed E-state index contributed by atoms with van der Waals surface area (Å²) in [5, 5.41) is 0. The SMILES string of the molecule is COc1cc(N(C)C)ccc1CCCN(C)C. The fraction of sp³-hybridized carbons (Fsp3) is 0.571. The molecule has 0 saturated heterocycles. The van der Waals surface area contributed by atoms with Crippen LogP contribution in [0.15, 0.2) is 18.2 Å². The molecular weight excluding hydrogens is 212 g/mol. The summed E-state index contributed by atoms with van der Waals surface area (Å²) < 4.78 is 5.45. The van der Waals surface area contributed by atoms with Gasteiger partial charge in [0.25, 0.3) is 0 Å². The van der Waals surface area contributed by atoms with Gasteiger partial charge in [0.1, 0.15) is 5.75 Å². The van der Waals surface area contributed by atoms with E-state index >= 15 is 0 Å². The molecule has 17 heavy (non-hydrogen) atoms. The number of aryl methyl sites for hydroxylation is 1. The molecule has 0 spiro atoms. The molecule has 0 unspecified atom stereocenters. The van der Waals surface area contributed by atoms with Gasteiger partial charge >= 0.3 is 0 Å². The Morgan fingerprint density at radius 3 is 2.35 bits per heavy atom. The largest absolute Gasteiger partial charge is 0.496 e. The molecule has 3 heteroatoms. The monoisotopic (exact) mass is 236 g/mol. The fourth-order valence-corrected chi connectivity index (χ4v) is 1.80. The highest BCUT2D eigenvalue weighted by molar-refractivity contribution is 5.52. The van der Waals surface area contributed by atoms with E-state index in [0.717, 1.165) is 25.1 Å². The van der Waals surface area contributed by atoms with Crippen LogP contribution in [-0.4, -0.2) is 46.7 Å². The van der Waals surface area contributed by atoms with E-state index in [2.05, 4.69) is 42.1 Å². The van der Waals surface area contributed by atoms with E-state index in [4.69, 9.17) is 4.74 Å².